The van der Waals surface area contributed by atoms with Gasteiger partial charge in [-0.15, -0.1) is 10.2 Å². The quantitative estimate of drug-likeness (QED) is 0.737. The van der Waals surface area contributed by atoms with E-state index in [1.54, 1.807) is 18.5 Å². The molecular weight excluding hydrogens is 306 g/mol. The first kappa shape index (κ1) is 13.0. The molecule has 1 aliphatic rings. The molecule has 0 N–H and O–H groups in total. The van der Waals surface area contributed by atoms with E-state index >= 15 is 0 Å². The number of fused-ring (bicyclic) bond motifs is 1. The van der Waals surface area contributed by atoms with Gasteiger partial charge in [0.1, 0.15) is 0 Å². The number of aromatic nitrogens is 5. The molecule has 7 nitrogen and oxygen atoms in total. The van der Waals surface area contributed by atoms with Gasteiger partial charge in [-0.2, -0.15) is 4.80 Å². The highest BCUT2D eigenvalue weighted by Crippen LogP contribution is 2.36. The molecular formula is C14H10ClN5O2. The monoisotopic (exact) mass is 315 g/mol. The standard InChI is InChI=1S/C14H10ClN5O2/c15-11-5-13-12(21-8-22-13)4-10(11)7-20-18-14(17-19-20)9-2-1-3-16-6-9/h1-6H,7-8H2. The normalized spacial score (nSPS) is 12.6. The fourth-order valence-electron chi connectivity index (χ4n) is 2.15. The zero-order chi connectivity index (χ0) is 14.9. The van der Waals surface area contributed by atoms with Crippen molar-refractivity contribution in [2.45, 2.75) is 6.54 Å². The van der Waals surface area contributed by atoms with E-state index in [1.165, 1.54) is 4.80 Å². The van der Waals surface area contributed by atoms with E-state index < -0.39 is 0 Å². The molecule has 1 aromatic carbocycles. The molecule has 8 heteroatoms. The fourth-order valence-corrected chi connectivity index (χ4v) is 2.37. The summed E-state index contributed by atoms with van der Waals surface area (Å²) < 4.78 is 10.6. The van der Waals surface area contributed by atoms with Crippen LogP contribution in [0.25, 0.3) is 11.4 Å². The highest BCUT2D eigenvalue weighted by Gasteiger charge is 2.17. The number of benzene rings is 1. The molecule has 2 aromatic heterocycles. The number of pyridine rings is 1. The summed E-state index contributed by atoms with van der Waals surface area (Å²) in [4.78, 5) is 5.52. The molecule has 0 saturated carbocycles. The van der Waals surface area contributed by atoms with Crippen LogP contribution < -0.4 is 9.47 Å². The van der Waals surface area contributed by atoms with Crippen molar-refractivity contribution in [1.82, 2.24) is 25.2 Å². The maximum absolute atomic E-state index is 6.25. The van der Waals surface area contributed by atoms with Gasteiger partial charge in [-0.1, -0.05) is 11.6 Å². The van der Waals surface area contributed by atoms with E-state index in [0.717, 1.165) is 11.1 Å². The Labute approximate surface area is 130 Å². The first-order valence-electron chi connectivity index (χ1n) is 6.56. The van der Waals surface area contributed by atoms with Crippen molar-refractivity contribution < 1.29 is 9.47 Å². The second-order valence-electron chi connectivity index (χ2n) is 4.68. The van der Waals surface area contributed by atoms with Crippen molar-refractivity contribution in [2.75, 3.05) is 6.79 Å². The number of rotatable bonds is 3. The Morgan fingerprint density at radius 3 is 2.91 bits per heavy atom. The predicted molar refractivity (Wildman–Crippen MR) is 77.7 cm³/mol. The van der Waals surface area contributed by atoms with E-state index in [0.29, 0.717) is 28.9 Å². The highest BCUT2D eigenvalue weighted by atomic mass is 35.5. The SMILES string of the molecule is Clc1cc2c(cc1Cn1nnc(-c3cccnc3)n1)OCO2. The van der Waals surface area contributed by atoms with Gasteiger partial charge < -0.3 is 9.47 Å². The Bertz CT molecular complexity index is 821. The summed E-state index contributed by atoms with van der Waals surface area (Å²) in [5.41, 5.74) is 1.64. The lowest BCUT2D eigenvalue weighted by Crippen LogP contribution is -2.04. The number of ether oxygens (including phenoxy) is 2. The number of nitrogens with zero attached hydrogens (tertiary/aromatic N) is 5. The largest absolute Gasteiger partial charge is 0.454 e. The Balaban J connectivity index is 1.61. The first-order valence-corrected chi connectivity index (χ1v) is 6.93. The van der Waals surface area contributed by atoms with Gasteiger partial charge in [0.25, 0.3) is 0 Å². The van der Waals surface area contributed by atoms with Crippen LogP contribution in [0, 0.1) is 0 Å². The molecule has 0 bridgehead atoms. The third-order valence-electron chi connectivity index (χ3n) is 3.23. The molecule has 22 heavy (non-hydrogen) atoms. The van der Waals surface area contributed by atoms with Gasteiger partial charge in [-0.3, -0.25) is 4.98 Å². The van der Waals surface area contributed by atoms with Crippen molar-refractivity contribution in [3.8, 4) is 22.9 Å². The highest BCUT2D eigenvalue weighted by molar-refractivity contribution is 6.31. The summed E-state index contributed by atoms with van der Waals surface area (Å²) in [6.45, 7) is 0.602. The summed E-state index contributed by atoms with van der Waals surface area (Å²) >= 11 is 6.25. The van der Waals surface area contributed by atoms with Crippen LogP contribution >= 0.6 is 11.6 Å². The van der Waals surface area contributed by atoms with Crippen LogP contribution in [0.4, 0.5) is 0 Å². The van der Waals surface area contributed by atoms with Crippen molar-refractivity contribution in [3.63, 3.8) is 0 Å². The second-order valence-corrected chi connectivity index (χ2v) is 5.09. The van der Waals surface area contributed by atoms with E-state index in [-0.39, 0.29) is 6.79 Å². The van der Waals surface area contributed by atoms with Gasteiger partial charge in [-0.25, -0.2) is 0 Å². The van der Waals surface area contributed by atoms with Crippen LogP contribution in [-0.2, 0) is 6.54 Å². The lowest BCUT2D eigenvalue weighted by atomic mass is 10.2. The Hall–Kier alpha value is -2.67. The van der Waals surface area contributed by atoms with E-state index in [9.17, 15) is 0 Å². The van der Waals surface area contributed by atoms with Gasteiger partial charge >= 0.3 is 0 Å². The van der Waals surface area contributed by atoms with Crippen LogP contribution in [0.2, 0.25) is 5.02 Å². The van der Waals surface area contributed by atoms with Crippen molar-refractivity contribution in [3.05, 3.63) is 47.2 Å². The second kappa shape index (κ2) is 5.27. The lowest BCUT2D eigenvalue weighted by molar-refractivity contribution is 0.174. The van der Waals surface area contributed by atoms with Crippen LogP contribution in [0.3, 0.4) is 0 Å². The first-order chi connectivity index (χ1) is 10.8. The van der Waals surface area contributed by atoms with Crippen LogP contribution in [0.1, 0.15) is 5.56 Å². The summed E-state index contributed by atoms with van der Waals surface area (Å²) in [6.07, 6.45) is 3.38. The van der Waals surface area contributed by atoms with Crippen molar-refractivity contribution in [2.24, 2.45) is 0 Å². The summed E-state index contributed by atoms with van der Waals surface area (Å²) in [5, 5.41) is 13.0. The van der Waals surface area contributed by atoms with Gasteiger partial charge in [0.05, 0.1) is 6.54 Å². The number of hydrogen-bond acceptors (Lipinski definition) is 6. The average Bonchev–Trinajstić information content (AvgIpc) is 3.18. The van der Waals surface area contributed by atoms with Gasteiger partial charge in [0.15, 0.2) is 11.5 Å². The third kappa shape index (κ3) is 2.35. The zero-order valence-corrected chi connectivity index (χ0v) is 12.1. The molecule has 1 aliphatic heterocycles. The zero-order valence-electron chi connectivity index (χ0n) is 11.3. The molecule has 0 amide bonds. The molecule has 0 radical (unpaired) electrons. The molecule has 4 rings (SSSR count). The fraction of sp³-hybridized carbons (Fsp3) is 0.143. The molecule has 0 aliphatic carbocycles. The Morgan fingerprint density at radius 2 is 2.09 bits per heavy atom. The lowest BCUT2D eigenvalue weighted by Gasteiger charge is -2.04. The minimum absolute atomic E-state index is 0.210. The smallest absolute Gasteiger partial charge is 0.231 e. The van der Waals surface area contributed by atoms with Gasteiger partial charge in [0, 0.05) is 29.0 Å². The van der Waals surface area contributed by atoms with Crippen molar-refractivity contribution >= 4 is 11.6 Å². The van der Waals surface area contributed by atoms with E-state index in [4.69, 9.17) is 21.1 Å². The topological polar surface area (TPSA) is 75.0 Å². The maximum Gasteiger partial charge on any atom is 0.231 e. The molecule has 3 heterocycles. The van der Waals surface area contributed by atoms with Crippen LogP contribution in [0.5, 0.6) is 11.5 Å². The molecule has 0 unspecified atom stereocenters. The Kier molecular flexibility index (Phi) is 3.12. The van der Waals surface area contributed by atoms with Crippen LogP contribution in [0.15, 0.2) is 36.7 Å². The Morgan fingerprint density at radius 1 is 1.23 bits per heavy atom. The van der Waals surface area contributed by atoms with Gasteiger partial charge in [0.2, 0.25) is 12.6 Å². The molecule has 0 fully saturated rings. The molecule has 0 spiro atoms. The molecule has 0 atom stereocenters. The minimum Gasteiger partial charge on any atom is -0.454 e. The van der Waals surface area contributed by atoms with E-state index in [1.807, 2.05) is 18.2 Å². The molecule has 0 saturated heterocycles. The van der Waals surface area contributed by atoms with Crippen LogP contribution in [-0.4, -0.2) is 32.0 Å². The van der Waals surface area contributed by atoms with Gasteiger partial charge in [-0.05, 0) is 29.0 Å². The summed E-state index contributed by atoms with van der Waals surface area (Å²) in [7, 11) is 0. The third-order valence-corrected chi connectivity index (χ3v) is 3.58. The number of hydrogen-bond donors (Lipinski definition) is 0. The number of tetrazole rings is 1. The maximum atomic E-state index is 6.25. The molecule has 110 valence electrons. The average molecular weight is 316 g/mol. The predicted octanol–water partition coefficient (Wildman–Crippen LogP) is 2.17. The number of halogens is 1. The summed E-state index contributed by atoms with van der Waals surface area (Å²) in [6, 6.07) is 7.27. The summed E-state index contributed by atoms with van der Waals surface area (Å²) in [5.74, 6) is 1.84. The van der Waals surface area contributed by atoms with Crippen molar-refractivity contribution in [1.29, 1.82) is 0 Å². The van der Waals surface area contributed by atoms with E-state index in [2.05, 4.69) is 20.4 Å². The molecule has 3 aromatic rings. The minimum atomic E-state index is 0.210.